The molecule has 8 heteroatoms. The summed E-state index contributed by atoms with van der Waals surface area (Å²) in [7, 11) is 0. The average Bonchev–Trinajstić information content (AvgIpc) is 3.35. The number of pyridine rings is 1. The molecule has 0 saturated carbocycles. The number of aliphatic hydroxyl groups is 1. The number of anilines is 1. The molecule has 1 unspecified atom stereocenters. The van der Waals surface area contributed by atoms with Crippen molar-refractivity contribution in [3.8, 4) is 17.2 Å². The van der Waals surface area contributed by atoms with Crippen LogP contribution in [0.1, 0.15) is 23.9 Å². The maximum absolute atomic E-state index is 12.1. The van der Waals surface area contributed by atoms with Crippen molar-refractivity contribution in [2.75, 3.05) is 24.7 Å². The molecule has 2 amide bonds. The Balaban J connectivity index is 1.54. The quantitative estimate of drug-likeness (QED) is 0.623. The number of hydrogen-bond donors (Lipinski definition) is 2. The number of carbonyl (C=O) groups is 1. The number of aliphatic hydroxyl groups excluding tert-OH is 1. The van der Waals surface area contributed by atoms with Crippen molar-refractivity contribution in [1.82, 2.24) is 15.3 Å². The van der Waals surface area contributed by atoms with E-state index < -0.39 is 0 Å². The molecule has 4 rings (SSSR count). The van der Waals surface area contributed by atoms with Gasteiger partial charge in [-0.05, 0) is 49.2 Å². The zero-order valence-electron chi connectivity index (χ0n) is 17.0. The van der Waals surface area contributed by atoms with Crippen molar-refractivity contribution >= 4 is 11.8 Å². The Morgan fingerprint density at radius 3 is 2.97 bits per heavy atom. The van der Waals surface area contributed by atoms with Crippen LogP contribution in [0.25, 0.3) is 11.5 Å². The molecule has 1 aliphatic heterocycles. The first kappa shape index (κ1) is 19.9. The number of oxazole rings is 1. The zero-order chi connectivity index (χ0) is 21.1. The minimum absolute atomic E-state index is 0.0315. The van der Waals surface area contributed by atoms with Crippen molar-refractivity contribution in [3.63, 3.8) is 0 Å². The Labute approximate surface area is 174 Å². The first-order chi connectivity index (χ1) is 14.5. The second-order valence-electron chi connectivity index (χ2n) is 7.24. The van der Waals surface area contributed by atoms with E-state index in [0.29, 0.717) is 41.9 Å². The molecular weight excluding hydrogens is 384 g/mol. The van der Waals surface area contributed by atoms with Gasteiger partial charge in [-0.3, -0.25) is 4.90 Å². The van der Waals surface area contributed by atoms with E-state index in [1.54, 1.807) is 11.1 Å². The zero-order valence-corrected chi connectivity index (χ0v) is 17.0. The molecule has 8 nitrogen and oxygen atoms in total. The molecule has 3 aromatic rings. The van der Waals surface area contributed by atoms with Gasteiger partial charge in [0.25, 0.3) is 0 Å². The van der Waals surface area contributed by atoms with Crippen molar-refractivity contribution < 1.29 is 19.1 Å². The average molecular weight is 408 g/mol. The minimum atomic E-state index is -0.149. The van der Waals surface area contributed by atoms with Crippen LogP contribution in [-0.4, -0.2) is 46.9 Å². The number of carbonyl (C=O) groups excluding carboxylic acids is 1. The summed E-state index contributed by atoms with van der Waals surface area (Å²) >= 11 is 0. The molecule has 0 bridgehead atoms. The monoisotopic (exact) mass is 408 g/mol. The molecule has 1 atom stereocenters. The maximum atomic E-state index is 12.1. The lowest BCUT2D eigenvalue weighted by atomic mass is 10.1. The van der Waals surface area contributed by atoms with Gasteiger partial charge < -0.3 is 19.6 Å². The van der Waals surface area contributed by atoms with E-state index in [2.05, 4.69) is 15.3 Å². The second kappa shape index (κ2) is 8.54. The standard InChI is InChI=1S/C22H24N4O4/c1-14-6-7-17(29-9-8-27)10-16(14)11-21-23-13-19(30-21)18-4-3-5-20(25-18)26-15(2)12-24-22(26)28/h3-7,10,13,15,27H,8-9,11-12H2,1-2H3,(H,24,28). The van der Waals surface area contributed by atoms with E-state index in [0.717, 1.165) is 11.1 Å². The van der Waals surface area contributed by atoms with Gasteiger partial charge in [0.15, 0.2) is 11.7 Å². The first-order valence-corrected chi connectivity index (χ1v) is 9.87. The summed E-state index contributed by atoms with van der Waals surface area (Å²) in [5.41, 5.74) is 2.75. The molecule has 1 saturated heterocycles. The Hall–Kier alpha value is -3.39. The maximum Gasteiger partial charge on any atom is 0.323 e. The van der Waals surface area contributed by atoms with E-state index >= 15 is 0 Å². The molecule has 0 spiro atoms. The summed E-state index contributed by atoms with van der Waals surface area (Å²) in [4.78, 5) is 22.7. The molecule has 156 valence electrons. The number of benzene rings is 1. The fourth-order valence-corrected chi connectivity index (χ4v) is 3.40. The number of nitrogens with zero attached hydrogens (tertiary/aromatic N) is 3. The molecule has 2 N–H and O–H groups in total. The van der Waals surface area contributed by atoms with Crippen LogP contribution in [0, 0.1) is 6.92 Å². The van der Waals surface area contributed by atoms with Crippen LogP contribution in [-0.2, 0) is 6.42 Å². The summed E-state index contributed by atoms with van der Waals surface area (Å²) in [5, 5.41) is 11.8. The lowest BCUT2D eigenvalue weighted by Gasteiger charge is -2.18. The van der Waals surface area contributed by atoms with Gasteiger partial charge in [0.2, 0.25) is 0 Å². The van der Waals surface area contributed by atoms with Crippen LogP contribution in [0.4, 0.5) is 10.6 Å². The summed E-state index contributed by atoms with van der Waals surface area (Å²) in [6.07, 6.45) is 2.16. The van der Waals surface area contributed by atoms with Gasteiger partial charge in [-0.2, -0.15) is 0 Å². The molecule has 3 heterocycles. The van der Waals surface area contributed by atoms with Gasteiger partial charge in [-0.25, -0.2) is 14.8 Å². The fraction of sp³-hybridized carbons (Fsp3) is 0.318. The third-order valence-corrected chi connectivity index (χ3v) is 5.02. The van der Waals surface area contributed by atoms with Crippen LogP contribution in [0.2, 0.25) is 0 Å². The summed E-state index contributed by atoms with van der Waals surface area (Å²) in [6, 6.07) is 11.2. The number of aromatic nitrogens is 2. The van der Waals surface area contributed by atoms with Gasteiger partial charge in [0, 0.05) is 13.0 Å². The predicted octanol–water partition coefficient (Wildman–Crippen LogP) is 2.93. The van der Waals surface area contributed by atoms with E-state index in [1.165, 1.54) is 0 Å². The number of urea groups is 1. The van der Waals surface area contributed by atoms with Gasteiger partial charge in [0.05, 0.1) is 18.8 Å². The topological polar surface area (TPSA) is 101 Å². The highest BCUT2D eigenvalue weighted by Gasteiger charge is 2.29. The first-order valence-electron chi connectivity index (χ1n) is 9.87. The number of aryl methyl sites for hydroxylation is 1. The summed E-state index contributed by atoms with van der Waals surface area (Å²) in [5.74, 6) is 2.39. The molecule has 1 aliphatic rings. The Bertz CT molecular complexity index is 1050. The van der Waals surface area contributed by atoms with Crippen LogP contribution >= 0.6 is 0 Å². The van der Waals surface area contributed by atoms with Crippen LogP contribution in [0.15, 0.2) is 47.0 Å². The van der Waals surface area contributed by atoms with Crippen molar-refractivity contribution in [1.29, 1.82) is 0 Å². The number of nitrogens with one attached hydrogen (secondary N) is 1. The fourth-order valence-electron chi connectivity index (χ4n) is 3.40. The van der Waals surface area contributed by atoms with E-state index in [4.69, 9.17) is 14.3 Å². The van der Waals surface area contributed by atoms with E-state index in [1.807, 2.05) is 50.2 Å². The van der Waals surface area contributed by atoms with Crippen molar-refractivity contribution in [3.05, 3.63) is 59.6 Å². The smallest absolute Gasteiger partial charge is 0.323 e. The Kier molecular flexibility index (Phi) is 5.67. The van der Waals surface area contributed by atoms with Crippen LogP contribution in [0.5, 0.6) is 5.75 Å². The second-order valence-corrected chi connectivity index (χ2v) is 7.24. The Morgan fingerprint density at radius 1 is 1.33 bits per heavy atom. The number of hydrogen-bond acceptors (Lipinski definition) is 6. The highest BCUT2D eigenvalue weighted by Crippen LogP contribution is 2.26. The number of rotatable bonds is 7. The highest BCUT2D eigenvalue weighted by atomic mass is 16.5. The molecular formula is C22H24N4O4. The number of ether oxygens (including phenoxy) is 1. The number of amides is 2. The predicted molar refractivity (Wildman–Crippen MR) is 112 cm³/mol. The summed E-state index contributed by atoms with van der Waals surface area (Å²) < 4.78 is 11.4. The van der Waals surface area contributed by atoms with E-state index in [9.17, 15) is 4.79 Å². The largest absolute Gasteiger partial charge is 0.491 e. The van der Waals surface area contributed by atoms with Gasteiger partial charge >= 0.3 is 6.03 Å². The molecule has 1 aromatic carbocycles. The molecule has 0 aliphatic carbocycles. The lowest BCUT2D eigenvalue weighted by molar-refractivity contribution is 0.201. The van der Waals surface area contributed by atoms with Crippen LogP contribution < -0.4 is 15.0 Å². The normalized spacial score (nSPS) is 16.0. The van der Waals surface area contributed by atoms with Crippen LogP contribution in [0.3, 0.4) is 0 Å². The lowest BCUT2D eigenvalue weighted by Crippen LogP contribution is -2.33. The van der Waals surface area contributed by atoms with Crippen molar-refractivity contribution in [2.45, 2.75) is 26.3 Å². The SMILES string of the molecule is Cc1ccc(OCCO)cc1Cc1ncc(-c2cccc(N3C(=O)NCC3C)n2)o1. The Morgan fingerprint density at radius 2 is 2.20 bits per heavy atom. The molecule has 30 heavy (non-hydrogen) atoms. The summed E-state index contributed by atoms with van der Waals surface area (Å²) in [6.45, 7) is 4.80. The molecule has 2 aromatic heterocycles. The third-order valence-electron chi connectivity index (χ3n) is 5.02. The molecule has 0 radical (unpaired) electrons. The highest BCUT2D eigenvalue weighted by molar-refractivity contribution is 5.94. The van der Waals surface area contributed by atoms with Gasteiger partial charge in [-0.1, -0.05) is 12.1 Å². The molecule has 1 fully saturated rings. The van der Waals surface area contributed by atoms with E-state index in [-0.39, 0.29) is 25.3 Å². The third kappa shape index (κ3) is 4.13. The van der Waals surface area contributed by atoms with Crippen molar-refractivity contribution in [2.24, 2.45) is 0 Å². The van der Waals surface area contributed by atoms with Gasteiger partial charge in [0.1, 0.15) is 23.9 Å². The van der Waals surface area contributed by atoms with Gasteiger partial charge in [-0.15, -0.1) is 0 Å². The minimum Gasteiger partial charge on any atom is -0.491 e.